The number of methoxy groups -OCH3 is 1. The molecule has 0 aliphatic heterocycles. The number of aromatic carboxylic acids is 1. The van der Waals surface area contributed by atoms with Gasteiger partial charge in [0.05, 0.1) is 7.11 Å². The number of carboxylic acids is 1. The Labute approximate surface area is 117 Å². The van der Waals surface area contributed by atoms with Crippen molar-refractivity contribution < 1.29 is 19.4 Å². The van der Waals surface area contributed by atoms with Gasteiger partial charge >= 0.3 is 5.97 Å². The maximum absolute atomic E-state index is 12.1. The van der Waals surface area contributed by atoms with E-state index >= 15 is 0 Å². The largest absolute Gasteiger partial charge is 0.496 e. The van der Waals surface area contributed by atoms with E-state index in [1.54, 1.807) is 12.1 Å². The number of hydrogen-bond acceptors (Lipinski definition) is 3. The van der Waals surface area contributed by atoms with Crippen molar-refractivity contribution in [1.82, 2.24) is 0 Å². The minimum absolute atomic E-state index is 0.00910. The van der Waals surface area contributed by atoms with E-state index < -0.39 is 5.97 Å². The number of carbonyl (C=O) groups is 2. The van der Waals surface area contributed by atoms with Gasteiger partial charge in [-0.3, -0.25) is 4.79 Å². The van der Waals surface area contributed by atoms with Crippen LogP contribution < -0.4 is 10.1 Å². The topological polar surface area (TPSA) is 75.6 Å². The first-order valence-corrected chi connectivity index (χ1v) is 6.84. The van der Waals surface area contributed by atoms with Crippen LogP contribution in [0.3, 0.4) is 0 Å². The number of ether oxygens (including phenoxy) is 1. The van der Waals surface area contributed by atoms with E-state index in [0.29, 0.717) is 5.69 Å². The number of benzene rings is 1. The molecule has 20 heavy (non-hydrogen) atoms. The van der Waals surface area contributed by atoms with Crippen molar-refractivity contribution in [2.45, 2.75) is 32.1 Å². The number of amides is 1. The zero-order valence-corrected chi connectivity index (χ0v) is 11.5. The fourth-order valence-corrected chi connectivity index (χ4v) is 2.55. The van der Waals surface area contributed by atoms with E-state index in [1.165, 1.54) is 19.6 Å². The average Bonchev–Trinajstić information content (AvgIpc) is 2.47. The van der Waals surface area contributed by atoms with Crippen molar-refractivity contribution in [2.24, 2.45) is 5.92 Å². The Bertz CT molecular complexity index is 507. The van der Waals surface area contributed by atoms with Crippen molar-refractivity contribution in [3.8, 4) is 5.75 Å². The van der Waals surface area contributed by atoms with Crippen LogP contribution in [-0.4, -0.2) is 24.1 Å². The normalized spacial score (nSPS) is 15.7. The summed E-state index contributed by atoms with van der Waals surface area (Å²) in [6, 6.07) is 4.58. The zero-order chi connectivity index (χ0) is 14.5. The summed E-state index contributed by atoms with van der Waals surface area (Å²) in [4.78, 5) is 23.1. The lowest BCUT2D eigenvalue weighted by molar-refractivity contribution is -0.120. The van der Waals surface area contributed by atoms with E-state index in [0.717, 1.165) is 25.7 Å². The zero-order valence-electron chi connectivity index (χ0n) is 11.5. The molecule has 108 valence electrons. The molecule has 1 amide bonds. The van der Waals surface area contributed by atoms with Crippen LogP contribution in [0.25, 0.3) is 0 Å². The number of rotatable bonds is 4. The van der Waals surface area contributed by atoms with Gasteiger partial charge in [-0.25, -0.2) is 4.79 Å². The van der Waals surface area contributed by atoms with Gasteiger partial charge in [0.2, 0.25) is 5.91 Å². The molecule has 5 nitrogen and oxygen atoms in total. The van der Waals surface area contributed by atoms with Crippen LogP contribution in [-0.2, 0) is 4.79 Å². The number of carboxylic acid groups (broad SMARTS) is 1. The predicted molar refractivity (Wildman–Crippen MR) is 75.2 cm³/mol. The summed E-state index contributed by atoms with van der Waals surface area (Å²) in [7, 11) is 1.41. The van der Waals surface area contributed by atoms with Crippen molar-refractivity contribution in [3.05, 3.63) is 23.8 Å². The number of anilines is 1. The molecule has 0 saturated heterocycles. The van der Waals surface area contributed by atoms with E-state index in [-0.39, 0.29) is 23.1 Å². The molecule has 0 spiro atoms. The molecule has 1 aliphatic rings. The van der Waals surface area contributed by atoms with Crippen molar-refractivity contribution in [2.75, 3.05) is 12.4 Å². The SMILES string of the molecule is COc1cc(NC(=O)C2CCCCC2)ccc1C(=O)O. The van der Waals surface area contributed by atoms with E-state index in [9.17, 15) is 9.59 Å². The second-order valence-electron chi connectivity index (χ2n) is 5.04. The Kier molecular flexibility index (Phi) is 4.61. The first-order valence-electron chi connectivity index (χ1n) is 6.84. The highest BCUT2D eigenvalue weighted by Crippen LogP contribution is 2.27. The lowest BCUT2D eigenvalue weighted by Gasteiger charge is -2.21. The third kappa shape index (κ3) is 3.29. The molecule has 2 N–H and O–H groups in total. The van der Waals surface area contributed by atoms with Crippen LogP contribution >= 0.6 is 0 Å². The molecular weight excluding hydrogens is 258 g/mol. The first kappa shape index (κ1) is 14.4. The minimum atomic E-state index is -1.05. The molecule has 0 heterocycles. The van der Waals surface area contributed by atoms with E-state index in [2.05, 4.69) is 5.32 Å². The van der Waals surface area contributed by atoms with Gasteiger partial charge in [-0.1, -0.05) is 19.3 Å². The average molecular weight is 277 g/mol. The quantitative estimate of drug-likeness (QED) is 0.887. The highest BCUT2D eigenvalue weighted by Gasteiger charge is 2.21. The Balaban J connectivity index is 2.09. The summed E-state index contributed by atoms with van der Waals surface area (Å²) in [6.45, 7) is 0. The van der Waals surface area contributed by atoms with Crippen LogP contribution in [0.1, 0.15) is 42.5 Å². The summed E-state index contributed by atoms with van der Waals surface area (Å²) in [6.07, 6.45) is 5.25. The molecule has 5 heteroatoms. The molecule has 1 aliphatic carbocycles. The maximum atomic E-state index is 12.1. The van der Waals surface area contributed by atoms with Crippen LogP contribution in [0.4, 0.5) is 5.69 Å². The predicted octanol–water partition coefficient (Wildman–Crippen LogP) is 2.91. The Morgan fingerprint density at radius 2 is 1.95 bits per heavy atom. The third-order valence-electron chi connectivity index (χ3n) is 3.68. The summed E-state index contributed by atoms with van der Waals surface area (Å²) in [5, 5.41) is 11.8. The third-order valence-corrected chi connectivity index (χ3v) is 3.68. The monoisotopic (exact) mass is 277 g/mol. The van der Waals surface area contributed by atoms with Crippen LogP contribution in [0.2, 0.25) is 0 Å². The van der Waals surface area contributed by atoms with E-state index in [4.69, 9.17) is 9.84 Å². The Morgan fingerprint density at radius 1 is 1.25 bits per heavy atom. The molecule has 0 atom stereocenters. The van der Waals surface area contributed by atoms with Gasteiger partial charge in [0, 0.05) is 17.7 Å². The van der Waals surface area contributed by atoms with Gasteiger partial charge < -0.3 is 15.2 Å². The van der Waals surface area contributed by atoms with Crippen molar-refractivity contribution in [3.63, 3.8) is 0 Å². The fraction of sp³-hybridized carbons (Fsp3) is 0.467. The lowest BCUT2D eigenvalue weighted by atomic mass is 9.88. The van der Waals surface area contributed by atoms with Gasteiger partial charge in [-0.15, -0.1) is 0 Å². The van der Waals surface area contributed by atoms with Crippen molar-refractivity contribution in [1.29, 1.82) is 0 Å². The summed E-state index contributed by atoms with van der Waals surface area (Å²) in [5.41, 5.74) is 0.658. The van der Waals surface area contributed by atoms with Gasteiger partial charge in [-0.2, -0.15) is 0 Å². The molecular formula is C15H19NO4. The fourth-order valence-electron chi connectivity index (χ4n) is 2.55. The molecule has 0 bridgehead atoms. The molecule has 1 aromatic carbocycles. The number of nitrogens with one attached hydrogen (secondary N) is 1. The number of hydrogen-bond donors (Lipinski definition) is 2. The molecule has 1 saturated carbocycles. The highest BCUT2D eigenvalue weighted by atomic mass is 16.5. The first-order chi connectivity index (χ1) is 9.61. The summed E-state index contributed by atoms with van der Waals surface area (Å²) in [5.74, 6) is -0.727. The standard InChI is InChI=1S/C15H19NO4/c1-20-13-9-11(7-8-12(13)15(18)19)16-14(17)10-5-3-2-4-6-10/h7-10H,2-6H2,1H3,(H,16,17)(H,18,19). The second-order valence-corrected chi connectivity index (χ2v) is 5.04. The maximum Gasteiger partial charge on any atom is 0.339 e. The lowest BCUT2D eigenvalue weighted by Crippen LogP contribution is -2.24. The van der Waals surface area contributed by atoms with Crippen molar-refractivity contribution >= 4 is 17.6 Å². The Hall–Kier alpha value is -2.04. The molecule has 0 radical (unpaired) electrons. The van der Waals surface area contributed by atoms with Gasteiger partial charge in [0.15, 0.2) is 0 Å². The van der Waals surface area contributed by atoms with Crippen LogP contribution in [0.5, 0.6) is 5.75 Å². The molecule has 0 aromatic heterocycles. The molecule has 0 unspecified atom stereocenters. The molecule has 1 aromatic rings. The van der Waals surface area contributed by atoms with Crippen LogP contribution in [0.15, 0.2) is 18.2 Å². The Morgan fingerprint density at radius 3 is 2.55 bits per heavy atom. The smallest absolute Gasteiger partial charge is 0.339 e. The minimum Gasteiger partial charge on any atom is -0.496 e. The van der Waals surface area contributed by atoms with Crippen LogP contribution in [0, 0.1) is 5.92 Å². The van der Waals surface area contributed by atoms with Gasteiger partial charge in [0.1, 0.15) is 11.3 Å². The summed E-state index contributed by atoms with van der Waals surface area (Å²) >= 11 is 0. The van der Waals surface area contributed by atoms with Gasteiger partial charge in [-0.05, 0) is 25.0 Å². The van der Waals surface area contributed by atoms with E-state index in [1.807, 2.05) is 0 Å². The summed E-state index contributed by atoms with van der Waals surface area (Å²) < 4.78 is 5.04. The molecule has 2 rings (SSSR count). The highest BCUT2D eigenvalue weighted by molar-refractivity contribution is 5.95. The van der Waals surface area contributed by atoms with Gasteiger partial charge in [0.25, 0.3) is 0 Å². The second kappa shape index (κ2) is 6.41. The molecule has 1 fully saturated rings. The number of carbonyl (C=O) groups excluding carboxylic acids is 1.